The minimum atomic E-state index is -0.790. The number of imidazole rings is 1. The number of aliphatic carboxylic acids is 1. The minimum absolute atomic E-state index is 0.475. The van der Waals surface area contributed by atoms with Crippen molar-refractivity contribution in [1.82, 2.24) is 14.1 Å². The van der Waals surface area contributed by atoms with E-state index in [1.165, 1.54) is 11.3 Å². The summed E-state index contributed by atoms with van der Waals surface area (Å²) in [5, 5.41) is 10.7. The van der Waals surface area contributed by atoms with Crippen molar-refractivity contribution in [3.63, 3.8) is 0 Å². The third-order valence-electron chi connectivity index (χ3n) is 4.67. The Morgan fingerprint density at radius 3 is 2.83 bits per heavy atom. The second-order valence-corrected chi connectivity index (χ2v) is 6.27. The maximum Gasteiger partial charge on any atom is 0.326 e. The summed E-state index contributed by atoms with van der Waals surface area (Å²) >= 11 is 0. The zero-order valence-corrected chi connectivity index (χ0v) is 13.0. The van der Waals surface area contributed by atoms with Crippen LogP contribution in [0.1, 0.15) is 43.0 Å². The van der Waals surface area contributed by atoms with Crippen molar-refractivity contribution < 1.29 is 9.90 Å². The van der Waals surface area contributed by atoms with Crippen molar-refractivity contribution in [2.24, 2.45) is 0 Å². The van der Waals surface area contributed by atoms with Gasteiger partial charge in [-0.1, -0.05) is 18.2 Å². The SMILES string of the molecule is CC(C(=O)O)n1c(C2CC2)c(Cn2ccnc2)c2ccccc21. The lowest BCUT2D eigenvalue weighted by molar-refractivity contribution is -0.140. The van der Waals surface area contributed by atoms with Gasteiger partial charge in [0.05, 0.1) is 12.9 Å². The molecule has 23 heavy (non-hydrogen) atoms. The first-order valence-electron chi connectivity index (χ1n) is 7.97. The van der Waals surface area contributed by atoms with E-state index in [9.17, 15) is 9.90 Å². The van der Waals surface area contributed by atoms with Crippen molar-refractivity contribution in [3.8, 4) is 0 Å². The van der Waals surface area contributed by atoms with Crippen molar-refractivity contribution >= 4 is 16.9 Å². The quantitative estimate of drug-likeness (QED) is 0.785. The van der Waals surface area contributed by atoms with Crippen LogP contribution in [-0.4, -0.2) is 25.2 Å². The molecule has 0 amide bonds. The number of rotatable bonds is 5. The van der Waals surface area contributed by atoms with E-state index in [4.69, 9.17) is 0 Å². The lowest BCUT2D eigenvalue weighted by atomic mass is 10.1. The molecule has 2 heterocycles. The molecule has 0 spiro atoms. The number of aromatic nitrogens is 3. The van der Waals surface area contributed by atoms with Crippen LogP contribution in [0.15, 0.2) is 43.0 Å². The van der Waals surface area contributed by atoms with Gasteiger partial charge in [-0.25, -0.2) is 9.78 Å². The van der Waals surface area contributed by atoms with Crippen molar-refractivity contribution in [2.45, 2.75) is 38.3 Å². The van der Waals surface area contributed by atoms with Gasteiger partial charge in [-0.3, -0.25) is 0 Å². The highest BCUT2D eigenvalue weighted by Gasteiger charge is 2.34. The molecule has 5 nitrogen and oxygen atoms in total. The van der Waals surface area contributed by atoms with E-state index in [0.717, 1.165) is 30.3 Å². The van der Waals surface area contributed by atoms with Crippen molar-refractivity contribution in [2.75, 3.05) is 0 Å². The molecular weight excluding hydrogens is 290 g/mol. The highest BCUT2D eigenvalue weighted by molar-refractivity contribution is 5.88. The van der Waals surface area contributed by atoms with E-state index in [2.05, 4.69) is 11.1 Å². The third kappa shape index (κ3) is 2.32. The minimum Gasteiger partial charge on any atom is -0.480 e. The van der Waals surface area contributed by atoms with Crippen molar-refractivity contribution in [3.05, 3.63) is 54.2 Å². The molecule has 0 radical (unpaired) electrons. The van der Waals surface area contributed by atoms with Gasteiger partial charge in [0.15, 0.2) is 0 Å². The smallest absolute Gasteiger partial charge is 0.326 e. The predicted molar refractivity (Wildman–Crippen MR) is 87.6 cm³/mol. The zero-order chi connectivity index (χ0) is 16.0. The largest absolute Gasteiger partial charge is 0.480 e. The number of carbonyl (C=O) groups is 1. The van der Waals surface area contributed by atoms with Gasteiger partial charge in [-0.05, 0) is 31.7 Å². The van der Waals surface area contributed by atoms with Crippen LogP contribution < -0.4 is 0 Å². The topological polar surface area (TPSA) is 60.0 Å². The molecular formula is C18H19N3O2. The van der Waals surface area contributed by atoms with Gasteiger partial charge in [0.1, 0.15) is 6.04 Å². The standard InChI is InChI=1S/C18H19N3O2/c1-12(18(22)23)21-16-5-3-2-4-14(16)15(17(21)13-6-7-13)10-20-9-8-19-11-20/h2-5,8-9,11-13H,6-7,10H2,1H3,(H,22,23). The maximum atomic E-state index is 11.6. The van der Waals surface area contributed by atoms with Gasteiger partial charge in [0.25, 0.3) is 0 Å². The average Bonchev–Trinajstić information content (AvgIpc) is 3.16. The van der Waals surface area contributed by atoms with E-state index >= 15 is 0 Å². The molecule has 4 rings (SSSR count). The molecule has 1 aliphatic rings. The van der Waals surface area contributed by atoms with Gasteiger partial charge in [-0.15, -0.1) is 0 Å². The summed E-state index contributed by atoms with van der Waals surface area (Å²) in [6, 6.07) is 7.56. The fourth-order valence-corrected chi connectivity index (χ4v) is 3.41. The van der Waals surface area contributed by atoms with Gasteiger partial charge in [-0.2, -0.15) is 0 Å². The summed E-state index contributed by atoms with van der Waals surface area (Å²) in [4.78, 5) is 15.7. The van der Waals surface area contributed by atoms with Gasteiger partial charge >= 0.3 is 5.97 Å². The number of hydrogen-bond donors (Lipinski definition) is 1. The lowest BCUT2D eigenvalue weighted by Gasteiger charge is -2.16. The van der Waals surface area contributed by atoms with Gasteiger partial charge in [0.2, 0.25) is 0 Å². The average molecular weight is 309 g/mol. The van der Waals surface area contributed by atoms with Gasteiger partial charge in [0, 0.05) is 34.6 Å². The van der Waals surface area contributed by atoms with Crippen LogP contribution in [-0.2, 0) is 11.3 Å². The lowest BCUT2D eigenvalue weighted by Crippen LogP contribution is -2.18. The molecule has 118 valence electrons. The molecule has 1 aromatic carbocycles. The van der Waals surface area contributed by atoms with Crippen LogP contribution >= 0.6 is 0 Å². The molecule has 1 aliphatic carbocycles. The monoisotopic (exact) mass is 309 g/mol. The Hall–Kier alpha value is -2.56. The molecule has 3 aromatic rings. The maximum absolute atomic E-state index is 11.6. The number of benzene rings is 1. The van der Waals surface area contributed by atoms with E-state index < -0.39 is 12.0 Å². The molecule has 0 saturated heterocycles. The summed E-state index contributed by atoms with van der Waals surface area (Å²) in [7, 11) is 0. The Balaban J connectivity index is 1.96. The molecule has 1 N–H and O–H groups in total. The van der Waals surface area contributed by atoms with E-state index in [-0.39, 0.29) is 0 Å². The zero-order valence-electron chi connectivity index (χ0n) is 13.0. The highest BCUT2D eigenvalue weighted by atomic mass is 16.4. The number of para-hydroxylation sites is 1. The number of carboxylic acids is 1. The van der Waals surface area contributed by atoms with Crippen molar-refractivity contribution in [1.29, 1.82) is 0 Å². The van der Waals surface area contributed by atoms with Crippen LogP contribution in [0.5, 0.6) is 0 Å². The highest BCUT2D eigenvalue weighted by Crippen LogP contribution is 2.46. The molecule has 2 aromatic heterocycles. The van der Waals surface area contributed by atoms with Crippen LogP contribution in [0.3, 0.4) is 0 Å². The number of nitrogens with zero attached hydrogens (tertiary/aromatic N) is 3. The van der Waals surface area contributed by atoms with E-state index in [1.54, 1.807) is 13.1 Å². The third-order valence-corrected chi connectivity index (χ3v) is 4.67. The Labute approximate surface area is 134 Å². The number of carboxylic acid groups (broad SMARTS) is 1. The molecule has 1 saturated carbocycles. The number of hydrogen-bond acceptors (Lipinski definition) is 2. The fourth-order valence-electron chi connectivity index (χ4n) is 3.41. The van der Waals surface area contributed by atoms with Crippen LogP contribution in [0, 0.1) is 0 Å². The number of fused-ring (bicyclic) bond motifs is 1. The van der Waals surface area contributed by atoms with Gasteiger partial charge < -0.3 is 14.2 Å². The van der Waals surface area contributed by atoms with E-state index in [1.807, 2.05) is 39.9 Å². The second kappa shape index (κ2) is 5.26. The Kier molecular flexibility index (Phi) is 3.22. The molecule has 0 aliphatic heterocycles. The Morgan fingerprint density at radius 1 is 1.39 bits per heavy atom. The first-order chi connectivity index (χ1) is 11.2. The molecule has 1 unspecified atom stereocenters. The van der Waals surface area contributed by atoms with Crippen LogP contribution in [0.25, 0.3) is 10.9 Å². The fraction of sp³-hybridized carbons (Fsp3) is 0.333. The summed E-state index contributed by atoms with van der Waals surface area (Å²) in [6.45, 7) is 2.49. The first-order valence-corrected chi connectivity index (χ1v) is 7.97. The van der Waals surface area contributed by atoms with Crippen LogP contribution in [0.2, 0.25) is 0 Å². The molecule has 0 bridgehead atoms. The summed E-state index contributed by atoms with van der Waals surface area (Å²) < 4.78 is 4.07. The molecule has 5 heteroatoms. The van der Waals surface area contributed by atoms with E-state index in [0.29, 0.717) is 5.92 Å². The first kappa shape index (κ1) is 14.1. The summed E-state index contributed by atoms with van der Waals surface area (Å²) in [5.74, 6) is -0.315. The molecule has 1 atom stereocenters. The Morgan fingerprint density at radius 2 is 2.17 bits per heavy atom. The summed E-state index contributed by atoms with van der Waals surface area (Å²) in [5.41, 5.74) is 3.43. The van der Waals surface area contributed by atoms with Crippen LogP contribution in [0.4, 0.5) is 0 Å². The summed E-state index contributed by atoms with van der Waals surface area (Å²) in [6.07, 6.45) is 7.81. The second-order valence-electron chi connectivity index (χ2n) is 6.27. The predicted octanol–water partition coefficient (Wildman–Crippen LogP) is 3.41. The molecule has 1 fully saturated rings. The normalized spacial score (nSPS) is 15.9. The Bertz CT molecular complexity index is 860.